The van der Waals surface area contributed by atoms with E-state index in [4.69, 9.17) is 10.2 Å². The molecule has 0 unspecified atom stereocenters. The Hall–Kier alpha value is -2.04. The van der Waals surface area contributed by atoms with Gasteiger partial charge in [0, 0.05) is 0 Å². The SMILES string of the molecule is Cl.Cl.O=C(O)c1cccc(-c2cccc(C(=O)O)c2)c1. The molecular weight excluding hydrogens is 303 g/mol. The number of aromatic carboxylic acids is 2. The maximum atomic E-state index is 10.9. The molecule has 106 valence electrons. The average Bonchev–Trinajstić information content (AvgIpc) is 2.39. The molecule has 0 saturated heterocycles. The van der Waals surface area contributed by atoms with Gasteiger partial charge in [0.2, 0.25) is 0 Å². The summed E-state index contributed by atoms with van der Waals surface area (Å²) in [6.07, 6.45) is 0. The van der Waals surface area contributed by atoms with E-state index in [-0.39, 0.29) is 35.9 Å². The van der Waals surface area contributed by atoms with Gasteiger partial charge in [0.15, 0.2) is 0 Å². The van der Waals surface area contributed by atoms with Crippen LogP contribution in [0.2, 0.25) is 0 Å². The van der Waals surface area contributed by atoms with E-state index in [0.29, 0.717) is 11.1 Å². The van der Waals surface area contributed by atoms with Crippen molar-refractivity contribution in [2.75, 3.05) is 0 Å². The predicted molar refractivity (Wildman–Crippen MR) is 80.3 cm³/mol. The minimum Gasteiger partial charge on any atom is -0.478 e. The molecule has 2 rings (SSSR count). The number of carboxylic acid groups (broad SMARTS) is 2. The van der Waals surface area contributed by atoms with Crippen LogP contribution in [0.3, 0.4) is 0 Å². The molecule has 0 fully saturated rings. The number of benzene rings is 2. The van der Waals surface area contributed by atoms with Crippen molar-refractivity contribution in [3.05, 3.63) is 59.7 Å². The van der Waals surface area contributed by atoms with Crippen molar-refractivity contribution in [3.8, 4) is 11.1 Å². The van der Waals surface area contributed by atoms with E-state index < -0.39 is 11.9 Å². The molecule has 6 heteroatoms. The van der Waals surface area contributed by atoms with E-state index >= 15 is 0 Å². The Morgan fingerprint density at radius 2 is 1.05 bits per heavy atom. The lowest BCUT2D eigenvalue weighted by Crippen LogP contribution is -1.97. The molecule has 2 aromatic carbocycles. The van der Waals surface area contributed by atoms with Gasteiger partial charge >= 0.3 is 11.9 Å². The molecule has 2 aromatic rings. The zero-order valence-corrected chi connectivity index (χ0v) is 11.8. The lowest BCUT2D eigenvalue weighted by Gasteiger charge is -2.04. The van der Waals surface area contributed by atoms with Crippen LogP contribution in [0.5, 0.6) is 0 Å². The molecule has 0 saturated carbocycles. The zero-order valence-electron chi connectivity index (χ0n) is 10.1. The molecule has 0 aliphatic heterocycles. The van der Waals surface area contributed by atoms with Crippen molar-refractivity contribution in [2.45, 2.75) is 0 Å². The summed E-state index contributed by atoms with van der Waals surface area (Å²) >= 11 is 0. The fraction of sp³-hybridized carbons (Fsp3) is 0. The molecule has 0 aliphatic rings. The second-order valence-electron chi connectivity index (χ2n) is 3.77. The standard InChI is InChI=1S/C14H10O4.2ClH/c15-13(16)11-5-1-3-9(7-11)10-4-2-6-12(8-10)14(17)18;;/h1-8H,(H,15,16)(H,17,18);2*1H. The molecule has 0 spiro atoms. The van der Waals surface area contributed by atoms with Gasteiger partial charge < -0.3 is 10.2 Å². The topological polar surface area (TPSA) is 74.6 Å². The molecule has 0 bridgehead atoms. The van der Waals surface area contributed by atoms with E-state index in [9.17, 15) is 9.59 Å². The van der Waals surface area contributed by atoms with Crippen LogP contribution >= 0.6 is 24.8 Å². The van der Waals surface area contributed by atoms with Crippen molar-refractivity contribution in [1.82, 2.24) is 0 Å². The predicted octanol–water partition coefficient (Wildman–Crippen LogP) is 3.59. The quantitative estimate of drug-likeness (QED) is 0.907. The summed E-state index contributed by atoms with van der Waals surface area (Å²) in [6, 6.07) is 12.8. The third-order valence-electron chi connectivity index (χ3n) is 2.55. The number of hydrogen-bond donors (Lipinski definition) is 2. The smallest absolute Gasteiger partial charge is 0.335 e. The average molecular weight is 315 g/mol. The summed E-state index contributed by atoms with van der Waals surface area (Å²) < 4.78 is 0. The van der Waals surface area contributed by atoms with Crippen LogP contribution < -0.4 is 0 Å². The Balaban J connectivity index is 0.00000180. The van der Waals surface area contributed by atoms with Crippen LogP contribution in [0.15, 0.2) is 48.5 Å². The first-order valence-electron chi connectivity index (χ1n) is 5.25. The van der Waals surface area contributed by atoms with E-state index in [1.807, 2.05) is 0 Å². The molecular formula is C14H12Cl2O4. The fourth-order valence-corrected chi connectivity index (χ4v) is 1.66. The van der Waals surface area contributed by atoms with Gasteiger partial charge in [-0.05, 0) is 35.4 Å². The van der Waals surface area contributed by atoms with Crippen LogP contribution in [0.25, 0.3) is 11.1 Å². The second kappa shape index (κ2) is 7.53. The summed E-state index contributed by atoms with van der Waals surface area (Å²) in [5.41, 5.74) is 1.71. The maximum Gasteiger partial charge on any atom is 0.335 e. The second-order valence-corrected chi connectivity index (χ2v) is 3.77. The molecule has 0 aliphatic carbocycles. The fourth-order valence-electron chi connectivity index (χ4n) is 1.66. The van der Waals surface area contributed by atoms with E-state index in [0.717, 1.165) is 0 Å². The number of carbonyl (C=O) groups is 2. The van der Waals surface area contributed by atoms with Crippen LogP contribution in [-0.4, -0.2) is 22.2 Å². The Bertz CT molecular complexity index is 571. The van der Waals surface area contributed by atoms with Gasteiger partial charge in [-0.2, -0.15) is 0 Å². The first-order valence-corrected chi connectivity index (χ1v) is 5.25. The molecule has 0 atom stereocenters. The number of hydrogen-bond acceptors (Lipinski definition) is 2. The molecule has 0 amide bonds. The highest BCUT2D eigenvalue weighted by Gasteiger charge is 2.07. The first kappa shape index (κ1) is 18.0. The first-order chi connectivity index (χ1) is 8.58. The van der Waals surface area contributed by atoms with Gasteiger partial charge in [0.05, 0.1) is 11.1 Å². The van der Waals surface area contributed by atoms with Crippen LogP contribution in [-0.2, 0) is 0 Å². The van der Waals surface area contributed by atoms with Gasteiger partial charge in [0.25, 0.3) is 0 Å². The highest BCUT2D eigenvalue weighted by Crippen LogP contribution is 2.21. The third-order valence-corrected chi connectivity index (χ3v) is 2.55. The lowest BCUT2D eigenvalue weighted by atomic mass is 10.0. The number of rotatable bonds is 3. The summed E-state index contributed by atoms with van der Waals surface area (Å²) in [5, 5.41) is 17.8. The van der Waals surface area contributed by atoms with Crippen LogP contribution in [0, 0.1) is 0 Å². The summed E-state index contributed by atoms with van der Waals surface area (Å²) in [4.78, 5) is 21.7. The van der Waals surface area contributed by atoms with Gasteiger partial charge in [-0.3, -0.25) is 0 Å². The summed E-state index contributed by atoms with van der Waals surface area (Å²) in [6.45, 7) is 0. The van der Waals surface area contributed by atoms with Gasteiger partial charge in [-0.15, -0.1) is 24.8 Å². The van der Waals surface area contributed by atoms with Gasteiger partial charge in [0.1, 0.15) is 0 Å². The minimum absolute atomic E-state index is 0. The highest BCUT2D eigenvalue weighted by molar-refractivity contribution is 5.91. The Kier molecular flexibility index (Phi) is 6.76. The van der Waals surface area contributed by atoms with E-state index in [2.05, 4.69) is 0 Å². The zero-order chi connectivity index (χ0) is 13.1. The Labute approximate surface area is 127 Å². The molecule has 20 heavy (non-hydrogen) atoms. The van der Waals surface area contributed by atoms with E-state index in [1.165, 1.54) is 24.3 Å². The molecule has 0 heterocycles. The van der Waals surface area contributed by atoms with Crippen molar-refractivity contribution in [1.29, 1.82) is 0 Å². The minimum atomic E-state index is -1.01. The van der Waals surface area contributed by atoms with Crippen molar-refractivity contribution >= 4 is 36.8 Å². The van der Waals surface area contributed by atoms with E-state index in [1.54, 1.807) is 24.3 Å². The largest absolute Gasteiger partial charge is 0.478 e. The maximum absolute atomic E-state index is 10.9. The monoisotopic (exact) mass is 314 g/mol. The van der Waals surface area contributed by atoms with Gasteiger partial charge in [-0.25, -0.2) is 9.59 Å². The van der Waals surface area contributed by atoms with Crippen LogP contribution in [0.4, 0.5) is 0 Å². The number of halogens is 2. The Morgan fingerprint density at radius 1 is 0.700 bits per heavy atom. The molecule has 2 N–H and O–H groups in total. The third kappa shape index (κ3) is 3.98. The molecule has 4 nitrogen and oxygen atoms in total. The number of carboxylic acids is 2. The van der Waals surface area contributed by atoms with Crippen molar-refractivity contribution in [2.24, 2.45) is 0 Å². The van der Waals surface area contributed by atoms with Crippen molar-refractivity contribution < 1.29 is 19.8 Å². The molecule has 0 aromatic heterocycles. The Morgan fingerprint density at radius 3 is 1.35 bits per heavy atom. The highest BCUT2D eigenvalue weighted by atomic mass is 35.5. The van der Waals surface area contributed by atoms with Crippen molar-refractivity contribution in [3.63, 3.8) is 0 Å². The van der Waals surface area contributed by atoms with Crippen LogP contribution in [0.1, 0.15) is 20.7 Å². The van der Waals surface area contributed by atoms with Gasteiger partial charge in [-0.1, -0.05) is 24.3 Å². The normalized spacial score (nSPS) is 9.00. The summed E-state index contributed by atoms with van der Waals surface area (Å²) in [7, 11) is 0. The summed E-state index contributed by atoms with van der Waals surface area (Å²) in [5.74, 6) is -2.02. The lowest BCUT2D eigenvalue weighted by molar-refractivity contribution is 0.0686. The molecule has 0 radical (unpaired) electrons.